The highest BCUT2D eigenvalue weighted by Crippen LogP contribution is 2.22. The Morgan fingerprint density at radius 3 is 2.34 bits per heavy atom. The third kappa shape index (κ3) is 6.02. The Kier molecular flexibility index (Phi) is 6.82. The van der Waals surface area contributed by atoms with E-state index in [9.17, 15) is 14.0 Å². The van der Waals surface area contributed by atoms with Crippen LogP contribution >= 0.6 is 0 Å². The van der Waals surface area contributed by atoms with Crippen LogP contribution in [0.4, 0.5) is 4.39 Å². The molecule has 2 aromatic carbocycles. The minimum absolute atomic E-state index is 0.196. The van der Waals surface area contributed by atoms with Crippen LogP contribution in [-0.4, -0.2) is 41.9 Å². The lowest BCUT2D eigenvalue weighted by atomic mass is 10.1. The van der Waals surface area contributed by atoms with Crippen LogP contribution in [0.2, 0.25) is 0 Å². The van der Waals surface area contributed by atoms with Gasteiger partial charge in [0.25, 0.3) is 0 Å². The van der Waals surface area contributed by atoms with Gasteiger partial charge in [0.1, 0.15) is 23.4 Å². The summed E-state index contributed by atoms with van der Waals surface area (Å²) in [5.41, 5.74) is 6.33. The van der Waals surface area contributed by atoms with E-state index in [4.69, 9.17) is 10.5 Å². The minimum Gasteiger partial charge on any atom is -0.457 e. The smallest absolute Gasteiger partial charge is 0.240 e. The molecule has 2 aromatic rings. The number of carbonyl (C=O) groups is 2. The summed E-state index contributed by atoms with van der Waals surface area (Å²) in [6.45, 7) is 3.27. The van der Waals surface area contributed by atoms with E-state index in [0.29, 0.717) is 24.0 Å². The van der Waals surface area contributed by atoms with Crippen molar-refractivity contribution < 1.29 is 18.7 Å². The first-order chi connectivity index (χ1) is 13.9. The lowest BCUT2D eigenvalue weighted by Crippen LogP contribution is -2.49. The molecule has 2 unspecified atom stereocenters. The maximum Gasteiger partial charge on any atom is 0.240 e. The highest BCUT2D eigenvalue weighted by molar-refractivity contribution is 5.87. The predicted octanol–water partition coefficient (Wildman–Crippen LogP) is 2.61. The first kappa shape index (κ1) is 20.8. The third-order valence-corrected chi connectivity index (χ3v) is 5.13. The highest BCUT2D eigenvalue weighted by Gasteiger charge is 2.25. The van der Waals surface area contributed by atoms with Crippen molar-refractivity contribution in [3.05, 3.63) is 59.9 Å². The van der Waals surface area contributed by atoms with Crippen LogP contribution in [0.15, 0.2) is 48.5 Å². The topological polar surface area (TPSA) is 84.7 Å². The van der Waals surface area contributed by atoms with Gasteiger partial charge in [-0.1, -0.05) is 12.1 Å². The molecule has 0 aliphatic carbocycles. The molecule has 0 radical (unpaired) electrons. The van der Waals surface area contributed by atoms with Crippen molar-refractivity contribution in [2.24, 2.45) is 5.73 Å². The molecule has 154 valence electrons. The zero-order valence-electron chi connectivity index (χ0n) is 16.4. The van der Waals surface area contributed by atoms with Gasteiger partial charge in [-0.3, -0.25) is 14.5 Å². The molecule has 1 fully saturated rings. The van der Waals surface area contributed by atoms with Gasteiger partial charge in [0.05, 0.1) is 6.54 Å². The average Bonchev–Trinajstić information content (AvgIpc) is 3.09. The Bertz CT molecular complexity index is 839. The molecule has 0 aromatic heterocycles. The van der Waals surface area contributed by atoms with Gasteiger partial charge < -0.3 is 15.8 Å². The fourth-order valence-corrected chi connectivity index (χ4v) is 3.44. The number of likely N-dealkylation sites (tertiary alicyclic amines) is 1. The molecule has 7 heteroatoms. The van der Waals surface area contributed by atoms with Gasteiger partial charge in [-0.2, -0.15) is 0 Å². The van der Waals surface area contributed by atoms with Crippen molar-refractivity contribution in [2.75, 3.05) is 13.1 Å². The van der Waals surface area contributed by atoms with Gasteiger partial charge >= 0.3 is 0 Å². The number of amides is 2. The van der Waals surface area contributed by atoms with Gasteiger partial charge in [0.15, 0.2) is 0 Å². The number of halogens is 1. The molecule has 3 N–H and O–H groups in total. The van der Waals surface area contributed by atoms with Crippen LogP contribution in [0.5, 0.6) is 11.5 Å². The number of rotatable bonds is 8. The van der Waals surface area contributed by atoms with Crippen LogP contribution in [0.3, 0.4) is 0 Å². The van der Waals surface area contributed by atoms with Gasteiger partial charge in [0.2, 0.25) is 11.8 Å². The number of nitrogens with zero attached hydrogens (tertiary/aromatic N) is 1. The van der Waals surface area contributed by atoms with Crippen LogP contribution < -0.4 is 15.8 Å². The van der Waals surface area contributed by atoms with Crippen LogP contribution in [0.1, 0.15) is 25.3 Å². The van der Waals surface area contributed by atoms with E-state index in [-0.39, 0.29) is 18.3 Å². The average molecular weight is 399 g/mol. The molecule has 6 nitrogen and oxygen atoms in total. The molecule has 1 heterocycles. The van der Waals surface area contributed by atoms with Crippen molar-refractivity contribution in [2.45, 2.75) is 38.3 Å². The van der Waals surface area contributed by atoms with Gasteiger partial charge in [-0.05, 0) is 68.3 Å². The van der Waals surface area contributed by atoms with E-state index < -0.39 is 11.9 Å². The standard InChI is InChI=1S/C22H26FN3O3/c1-15-3-2-12-26(15)14-21(27)25-20(22(24)28)13-16-4-8-18(9-5-16)29-19-10-6-17(23)7-11-19/h4-11,15,20H,2-3,12-14H2,1H3,(H2,24,28)(H,25,27). The molecule has 1 saturated heterocycles. The number of ether oxygens (including phenoxy) is 1. The fraction of sp³-hybridized carbons (Fsp3) is 0.364. The number of carbonyl (C=O) groups excluding carboxylic acids is 2. The second kappa shape index (κ2) is 9.52. The van der Waals surface area contributed by atoms with Gasteiger partial charge in [-0.25, -0.2) is 4.39 Å². The second-order valence-electron chi connectivity index (χ2n) is 7.39. The largest absolute Gasteiger partial charge is 0.457 e. The van der Waals surface area contributed by atoms with Crippen molar-refractivity contribution in [3.8, 4) is 11.5 Å². The lowest BCUT2D eigenvalue weighted by Gasteiger charge is -2.22. The number of benzene rings is 2. The van der Waals surface area contributed by atoms with E-state index in [1.165, 1.54) is 12.1 Å². The summed E-state index contributed by atoms with van der Waals surface area (Å²) in [4.78, 5) is 26.2. The SMILES string of the molecule is CC1CCCN1CC(=O)NC(Cc1ccc(Oc2ccc(F)cc2)cc1)C(N)=O. The van der Waals surface area contributed by atoms with Crippen molar-refractivity contribution in [1.82, 2.24) is 10.2 Å². The quantitative estimate of drug-likeness (QED) is 0.715. The summed E-state index contributed by atoms with van der Waals surface area (Å²) >= 11 is 0. The van der Waals surface area contributed by atoms with E-state index >= 15 is 0 Å². The van der Waals surface area contributed by atoms with Gasteiger partial charge in [0, 0.05) is 12.5 Å². The molecule has 29 heavy (non-hydrogen) atoms. The minimum atomic E-state index is -0.774. The van der Waals surface area contributed by atoms with E-state index in [1.807, 2.05) is 12.1 Å². The van der Waals surface area contributed by atoms with Gasteiger partial charge in [-0.15, -0.1) is 0 Å². The summed E-state index contributed by atoms with van der Waals surface area (Å²) in [5, 5.41) is 2.75. The number of hydrogen-bond acceptors (Lipinski definition) is 4. The van der Waals surface area contributed by atoms with Crippen LogP contribution in [-0.2, 0) is 16.0 Å². The summed E-state index contributed by atoms with van der Waals surface area (Å²) in [7, 11) is 0. The Morgan fingerprint density at radius 2 is 1.79 bits per heavy atom. The van der Waals surface area contributed by atoms with E-state index in [0.717, 1.165) is 24.9 Å². The molecule has 1 aliphatic rings. The first-order valence-corrected chi connectivity index (χ1v) is 9.76. The molecule has 0 bridgehead atoms. The Morgan fingerprint density at radius 1 is 1.17 bits per heavy atom. The first-order valence-electron chi connectivity index (χ1n) is 9.76. The lowest BCUT2D eigenvalue weighted by molar-refractivity contribution is -0.128. The van der Waals surface area contributed by atoms with E-state index in [2.05, 4.69) is 17.1 Å². The number of primary amides is 1. The highest BCUT2D eigenvalue weighted by atomic mass is 19.1. The Balaban J connectivity index is 1.56. The predicted molar refractivity (Wildman–Crippen MR) is 108 cm³/mol. The molecule has 3 rings (SSSR count). The summed E-state index contributed by atoms with van der Waals surface area (Å²) < 4.78 is 18.6. The number of hydrogen-bond donors (Lipinski definition) is 2. The summed E-state index contributed by atoms with van der Waals surface area (Å²) in [6.07, 6.45) is 2.46. The molecule has 0 spiro atoms. The summed E-state index contributed by atoms with van der Waals surface area (Å²) in [5.74, 6) is 0.0188. The maximum atomic E-state index is 13.0. The zero-order chi connectivity index (χ0) is 20.8. The third-order valence-electron chi connectivity index (χ3n) is 5.13. The Labute approximate surface area is 169 Å². The molecular weight excluding hydrogens is 373 g/mol. The molecule has 2 atom stereocenters. The number of nitrogens with one attached hydrogen (secondary N) is 1. The molecule has 2 amide bonds. The van der Waals surface area contributed by atoms with Crippen molar-refractivity contribution >= 4 is 11.8 Å². The number of nitrogens with two attached hydrogens (primary N) is 1. The van der Waals surface area contributed by atoms with Crippen molar-refractivity contribution in [1.29, 1.82) is 0 Å². The van der Waals surface area contributed by atoms with Crippen LogP contribution in [0.25, 0.3) is 0 Å². The van der Waals surface area contributed by atoms with Crippen molar-refractivity contribution in [3.63, 3.8) is 0 Å². The normalized spacial score (nSPS) is 17.7. The maximum absolute atomic E-state index is 13.0. The van der Waals surface area contributed by atoms with E-state index in [1.54, 1.807) is 24.3 Å². The molecule has 1 aliphatic heterocycles. The molecule has 0 saturated carbocycles. The zero-order valence-corrected chi connectivity index (χ0v) is 16.4. The summed E-state index contributed by atoms with van der Waals surface area (Å²) in [6, 6.07) is 12.5. The monoisotopic (exact) mass is 399 g/mol. The fourth-order valence-electron chi connectivity index (χ4n) is 3.44. The second-order valence-corrected chi connectivity index (χ2v) is 7.39. The Hall–Kier alpha value is -2.93. The molecular formula is C22H26FN3O3. The van der Waals surface area contributed by atoms with Crippen LogP contribution in [0, 0.1) is 5.82 Å².